The molecule has 0 saturated heterocycles. The predicted octanol–water partition coefficient (Wildman–Crippen LogP) is 5.85. The Morgan fingerprint density at radius 3 is 2.26 bits per heavy atom. The lowest BCUT2D eigenvalue weighted by atomic mass is 10.0. The van der Waals surface area contributed by atoms with Crippen LogP contribution in [0.3, 0.4) is 0 Å². The molecule has 5 nitrogen and oxygen atoms in total. The largest absolute Gasteiger partial charge is 0.396 e. The third kappa shape index (κ3) is 4.62. The van der Waals surface area contributed by atoms with Crippen molar-refractivity contribution in [1.82, 2.24) is 14.7 Å². The van der Waals surface area contributed by atoms with Crippen LogP contribution in [-0.2, 0) is 0 Å². The van der Waals surface area contributed by atoms with E-state index >= 15 is 0 Å². The molecule has 158 valence electrons. The van der Waals surface area contributed by atoms with Crippen LogP contribution < -0.4 is 5.32 Å². The molecule has 1 amide bonds. The van der Waals surface area contributed by atoms with Gasteiger partial charge in [-0.05, 0) is 52.7 Å². The van der Waals surface area contributed by atoms with E-state index < -0.39 is 0 Å². The van der Waals surface area contributed by atoms with Crippen LogP contribution in [0.1, 0.15) is 16.8 Å². The molecule has 0 atom stereocenters. The topological polar surface area (TPSA) is 66.6 Å². The number of nitrogens with one attached hydrogen (secondary N) is 1. The molecule has 0 spiro atoms. The molecule has 0 aliphatic carbocycles. The van der Waals surface area contributed by atoms with E-state index in [2.05, 4.69) is 21.2 Å². The summed E-state index contributed by atoms with van der Waals surface area (Å²) in [5.74, 6) is -0.255. The van der Waals surface area contributed by atoms with Crippen molar-refractivity contribution in [3.8, 4) is 22.5 Å². The number of imidazole rings is 1. The number of aromatic nitrogens is 2. The predicted molar refractivity (Wildman–Crippen MR) is 128 cm³/mol. The Hall–Kier alpha value is -2.38. The molecular weight excluding hydrogens is 501 g/mol. The first-order chi connectivity index (χ1) is 15.0. The number of hydrogen-bond acceptors (Lipinski definition) is 3. The van der Waals surface area contributed by atoms with Crippen molar-refractivity contribution in [2.45, 2.75) is 6.42 Å². The van der Waals surface area contributed by atoms with Gasteiger partial charge < -0.3 is 10.4 Å². The van der Waals surface area contributed by atoms with E-state index in [-0.39, 0.29) is 12.5 Å². The van der Waals surface area contributed by atoms with Crippen LogP contribution in [0, 0.1) is 0 Å². The summed E-state index contributed by atoms with van der Waals surface area (Å²) in [6.07, 6.45) is 2.37. The molecule has 8 heteroatoms. The fraction of sp³-hybridized carbons (Fsp3) is 0.130. The number of halogens is 3. The Kier molecular flexibility index (Phi) is 6.62. The number of rotatable bonds is 6. The fourth-order valence-electron chi connectivity index (χ4n) is 3.35. The highest BCUT2D eigenvalue weighted by molar-refractivity contribution is 9.10. The monoisotopic (exact) mass is 517 g/mol. The molecule has 0 aliphatic heterocycles. The fourth-order valence-corrected chi connectivity index (χ4v) is 4.03. The quantitative estimate of drug-likeness (QED) is 0.314. The van der Waals surface area contributed by atoms with Crippen LogP contribution >= 0.6 is 39.1 Å². The molecule has 4 rings (SSSR count). The molecule has 2 heterocycles. The van der Waals surface area contributed by atoms with E-state index in [1.54, 1.807) is 6.07 Å². The van der Waals surface area contributed by atoms with Gasteiger partial charge in [0.1, 0.15) is 0 Å². The van der Waals surface area contributed by atoms with Gasteiger partial charge in [-0.25, -0.2) is 4.98 Å². The Morgan fingerprint density at radius 2 is 1.65 bits per heavy atom. The number of pyridine rings is 1. The van der Waals surface area contributed by atoms with Crippen molar-refractivity contribution in [3.63, 3.8) is 0 Å². The van der Waals surface area contributed by atoms with Gasteiger partial charge in [-0.2, -0.15) is 0 Å². The smallest absolute Gasteiger partial charge is 0.255 e. The first kappa shape index (κ1) is 21.8. The molecule has 2 aromatic heterocycles. The first-order valence-electron chi connectivity index (χ1n) is 9.60. The standard InChI is InChI=1S/C23H18BrCl2N3O2/c24-16-12-19(23(31)27-10-1-11-30)22-28-20(14-2-6-17(25)7-3-14)21(29(22)13-16)15-4-8-18(26)9-5-15/h2-9,12-13,30H,1,10-11H2,(H,27,31). The molecule has 0 aliphatic rings. The van der Waals surface area contributed by atoms with E-state index in [9.17, 15) is 4.79 Å². The van der Waals surface area contributed by atoms with Gasteiger partial charge in [-0.15, -0.1) is 0 Å². The van der Waals surface area contributed by atoms with E-state index in [0.717, 1.165) is 27.0 Å². The van der Waals surface area contributed by atoms with Crippen molar-refractivity contribution in [2.24, 2.45) is 0 Å². The summed E-state index contributed by atoms with van der Waals surface area (Å²) < 4.78 is 2.64. The van der Waals surface area contributed by atoms with Crippen LogP contribution in [0.5, 0.6) is 0 Å². The highest BCUT2D eigenvalue weighted by Gasteiger charge is 2.21. The van der Waals surface area contributed by atoms with E-state index in [1.807, 2.05) is 59.1 Å². The van der Waals surface area contributed by atoms with Gasteiger partial charge in [0.15, 0.2) is 5.65 Å². The van der Waals surface area contributed by atoms with Gasteiger partial charge in [-0.1, -0.05) is 47.5 Å². The zero-order chi connectivity index (χ0) is 22.0. The van der Waals surface area contributed by atoms with Gasteiger partial charge in [-0.3, -0.25) is 9.20 Å². The molecule has 0 unspecified atom stereocenters. The summed E-state index contributed by atoms with van der Waals surface area (Å²) >= 11 is 15.7. The molecule has 0 bridgehead atoms. The lowest BCUT2D eigenvalue weighted by Gasteiger charge is -2.09. The summed E-state index contributed by atoms with van der Waals surface area (Å²) in [5, 5.41) is 13.1. The Bertz CT molecular complexity index is 1240. The summed E-state index contributed by atoms with van der Waals surface area (Å²) in [6, 6.07) is 16.7. The summed E-state index contributed by atoms with van der Waals surface area (Å²) in [6.45, 7) is 0.391. The van der Waals surface area contributed by atoms with E-state index in [0.29, 0.717) is 34.2 Å². The Balaban J connectivity index is 1.95. The number of amides is 1. The summed E-state index contributed by atoms with van der Waals surface area (Å²) in [7, 11) is 0. The van der Waals surface area contributed by atoms with Crippen LogP contribution in [-0.4, -0.2) is 33.6 Å². The minimum Gasteiger partial charge on any atom is -0.396 e. The number of nitrogens with zero attached hydrogens (tertiary/aromatic N) is 2. The number of carbonyl (C=O) groups is 1. The maximum Gasteiger partial charge on any atom is 0.255 e. The van der Waals surface area contributed by atoms with Gasteiger partial charge in [0, 0.05) is 45.0 Å². The van der Waals surface area contributed by atoms with E-state index in [1.165, 1.54) is 0 Å². The minimum absolute atomic E-state index is 0.0129. The van der Waals surface area contributed by atoms with Gasteiger partial charge >= 0.3 is 0 Å². The van der Waals surface area contributed by atoms with Crippen LogP contribution in [0.15, 0.2) is 65.3 Å². The lowest BCUT2D eigenvalue weighted by Crippen LogP contribution is -2.25. The second kappa shape index (κ2) is 9.40. The number of fused-ring (bicyclic) bond motifs is 1. The summed E-state index contributed by atoms with van der Waals surface area (Å²) in [4.78, 5) is 17.7. The van der Waals surface area contributed by atoms with Gasteiger partial charge in [0.05, 0.1) is 17.0 Å². The Labute approximate surface area is 197 Å². The van der Waals surface area contributed by atoms with Crippen molar-refractivity contribution < 1.29 is 9.90 Å². The van der Waals surface area contributed by atoms with Crippen molar-refractivity contribution >= 4 is 50.7 Å². The molecular formula is C23H18BrCl2N3O2. The van der Waals surface area contributed by atoms with Crippen LogP contribution in [0.25, 0.3) is 28.2 Å². The number of hydrogen-bond donors (Lipinski definition) is 2. The minimum atomic E-state index is -0.255. The molecule has 0 saturated carbocycles. The van der Waals surface area contributed by atoms with Gasteiger partial charge in [0.2, 0.25) is 0 Å². The normalized spacial score (nSPS) is 11.1. The van der Waals surface area contributed by atoms with Crippen molar-refractivity contribution in [1.29, 1.82) is 0 Å². The van der Waals surface area contributed by atoms with Crippen molar-refractivity contribution in [3.05, 3.63) is 80.9 Å². The molecule has 2 N–H and O–H groups in total. The highest BCUT2D eigenvalue weighted by Crippen LogP contribution is 2.35. The number of carbonyl (C=O) groups excluding carboxylic acids is 1. The van der Waals surface area contributed by atoms with Gasteiger partial charge in [0.25, 0.3) is 5.91 Å². The zero-order valence-electron chi connectivity index (χ0n) is 16.3. The number of aliphatic hydroxyl groups is 1. The van der Waals surface area contributed by atoms with Crippen LogP contribution in [0.2, 0.25) is 10.0 Å². The average molecular weight is 519 g/mol. The molecule has 0 fully saturated rings. The molecule has 2 aromatic carbocycles. The second-order valence-corrected chi connectivity index (χ2v) is 8.71. The third-order valence-corrected chi connectivity index (χ3v) is 5.72. The average Bonchev–Trinajstić information content (AvgIpc) is 3.13. The SMILES string of the molecule is O=C(NCCCO)c1cc(Br)cn2c(-c3ccc(Cl)cc3)c(-c3ccc(Cl)cc3)nc12. The number of aliphatic hydroxyl groups excluding tert-OH is 1. The second-order valence-electron chi connectivity index (χ2n) is 6.92. The molecule has 0 radical (unpaired) electrons. The third-order valence-electron chi connectivity index (χ3n) is 4.79. The highest BCUT2D eigenvalue weighted by atomic mass is 79.9. The number of benzene rings is 2. The summed E-state index contributed by atoms with van der Waals surface area (Å²) in [5.41, 5.74) is 4.30. The Morgan fingerprint density at radius 1 is 1.03 bits per heavy atom. The molecule has 4 aromatic rings. The maximum absolute atomic E-state index is 12.9. The zero-order valence-corrected chi connectivity index (χ0v) is 19.4. The lowest BCUT2D eigenvalue weighted by molar-refractivity contribution is 0.0952. The van der Waals surface area contributed by atoms with E-state index in [4.69, 9.17) is 33.3 Å². The van der Waals surface area contributed by atoms with Crippen molar-refractivity contribution in [2.75, 3.05) is 13.2 Å². The first-order valence-corrected chi connectivity index (χ1v) is 11.2. The maximum atomic E-state index is 12.9. The molecule has 31 heavy (non-hydrogen) atoms. The van der Waals surface area contributed by atoms with Crippen LogP contribution in [0.4, 0.5) is 0 Å².